The summed E-state index contributed by atoms with van der Waals surface area (Å²) in [7, 11) is 0. The number of rotatable bonds is 4. The van der Waals surface area contributed by atoms with Gasteiger partial charge in [0, 0.05) is 17.6 Å². The van der Waals surface area contributed by atoms with Crippen molar-refractivity contribution in [2.75, 3.05) is 0 Å². The van der Waals surface area contributed by atoms with Crippen LogP contribution in [-0.2, 0) is 11.3 Å². The van der Waals surface area contributed by atoms with Gasteiger partial charge in [-0.1, -0.05) is 11.6 Å². The fourth-order valence-electron chi connectivity index (χ4n) is 2.62. The Labute approximate surface area is 123 Å². The molecule has 2 N–H and O–H groups in total. The van der Waals surface area contributed by atoms with Gasteiger partial charge in [0.15, 0.2) is 0 Å². The summed E-state index contributed by atoms with van der Waals surface area (Å²) in [4.78, 5) is 10.9. The van der Waals surface area contributed by atoms with Gasteiger partial charge in [-0.2, -0.15) is 0 Å². The van der Waals surface area contributed by atoms with Gasteiger partial charge in [-0.15, -0.1) is 0 Å². The molecule has 3 nitrogen and oxygen atoms in total. The van der Waals surface area contributed by atoms with Crippen LogP contribution in [-0.4, -0.2) is 17.1 Å². The van der Waals surface area contributed by atoms with E-state index in [1.807, 2.05) is 0 Å². The molecule has 2 rings (SSSR count). The van der Waals surface area contributed by atoms with Gasteiger partial charge < -0.3 is 10.4 Å². The summed E-state index contributed by atoms with van der Waals surface area (Å²) in [6, 6.07) is 3.38. The predicted octanol–water partition coefficient (Wildman–Crippen LogP) is 3.52. The van der Waals surface area contributed by atoms with E-state index in [0.717, 1.165) is 18.4 Å². The summed E-state index contributed by atoms with van der Waals surface area (Å²) in [6.07, 6.45) is 3.07. The van der Waals surface area contributed by atoms with E-state index in [0.29, 0.717) is 30.0 Å². The lowest BCUT2D eigenvalue weighted by Crippen LogP contribution is -2.34. The van der Waals surface area contributed by atoms with Gasteiger partial charge in [-0.3, -0.25) is 4.79 Å². The van der Waals surface area contributed by atoms with Crippen molar-refractivity contribution in [2.24, 2.45) is 5.92 Å². The lowest BCUT2D eigenvalue weighted by molar-refractivity contribution is -0.142. The molecule has 1 saturated carbocycles. The molecule has 0 unspecified atom stereocenters. The van der Waals surface area contributed by atoms with Crippen LogP contribution in [0.5, 0.6) is 0 Å². The smallest absolute Gasteiger partial charge is 0.306 e. The van der Waals surface area contributed by atoms with E-state index < -0.39 is 5.97 Å². The van der Waals surface area contributed by atoms with Crippen LogP contribution in [0.4, 0.5) is 4.39 Å². The topological polar surface area (TPSA) is 49.3 Å². The number of hydrogen-bond donors (Lipinski definition) is 2. The first-order valence-electron chi connectivity index (χ1n) is 6.88. The third-order valence-corrected chi connectivity index (χ3v) is 4.34. The number of hydrogen-bond acceptors (Lipinski definition) is 2. The minimum Gasteiger partial charge on any atom is -0.481 e. The molecule has 1 aliphatic rings. The molecule has 0 saturated heterocycles. The number of benzene rings is 1. The summed E-state index contributed by atoms with van der Waals surface area (Å²) in [6.45, 7) is 2.20. The summed E-state index contributed by atoms with van der Waals surface area (Å²) in [5, 5.41) is 12.9. The van der Waals surface area contributed by atoms with Crippen LogP contribution < -0.4 is 5.32 Å². The fourth-order valence-corrected chi connectivity index (χ4v) is 2.91. The lowest BCUT2D eigenvalue weighted by atomic mass is 9.86. The molecule has 0 aliphatic heterocycles. The van der Waals surface area contributed by atoms with Gasteiger partial charge in [-0.05, 0) is 55.9 Å². The molecule has 0 bridgehead atoms. The zero-order valence-corrected chi connectivity index (χ0v) is 12.2. The average molecular weight is 300 g/mol. The van der Waals surface area contributed by atoms with E-state index in [-0.39, 0.29) is 17.8 Å². The minimum atomic E-state index is -0.702. The molecule has 1 fully saturated rings. The number of carboxylic acid groups (broad SMARTS) is 1. The Balaban J connectivity index is 1.87. The van der Waals surface area contributed by atoms with Gasteiger partial charge in [0.25, 0.3) is 0 Å². The molecule has 0 spiro atoms. The number of carbonyl (C=O) groups is 1. The maximum absolute atomic E-state index is 13.5. The Hall–Kier alpha value is -1.13. The van der Waals surface area contributed by atoms with E-state index in [1.165, 1.54) is 6.07 Å². The zero-order chi connectivity index (χ0) is 14.7. The van der Waals surface area contributed by atoms with Crippen molar-refractivity contribution in [3.63, 3.8) is 0 Å². The van der Waals surface area contributed by atoms with Crippen LogP contribution in [0.3, 0.4) is 0 Å². The van der Waals surface area contributed by atoms with E-state index in [1.54, 1.807) is 13.0 Å². The number of aliphatic carboxylic acids is 1. The monoisotopic (exact) mass is 299 g/mol. The number of aryl methyl sites for hydroxylation is 1. The Morgan fingerprint density at radius 2 is 2.05 bits per heavy atom. The normalized spacial score (nSPS) is 22.8. The molecule has 0 amide bonds. The van der Waals surface area contributed by atoms with Gasteiger partial charge in [0.1, 0.15) is 5.82 Å². The summed E-state index contributed by atoms with van der Waals surface area (Å²) < 4.78 is 13.5. The maximum atomic E-state index is 13.5. The molecule has 5 heteroatoms. The molecule has 0 aromatic heterocycles. The highest BCUT2D eigenvalue weighted by atomic mass is 35.5. The molecular formula is C15H19ClFNO2. The highest BCUT2D eigenvalue weighted by molar-refractivity contribution is 6.31. The number of nitrogens with one attached hydrogen (secondary N) is 1. The Bertz CT molecular complexity index is 499. The SMILES string of the molecule is Cc1cc(Cl)c(CNC2CCC(C(=O)O)CC2)cc1F. The second-order valence-corrected chi connectivity index (χ2v) is 5.87. The molecule has 1 aliphatic carbocycles. The van der Waals surface area contributed by atoms with Gasteiger partial charge in [-0.25, -0.2) is 4.39 Å². The molecule has 0 heterocycles. The van der Waals surface area contributed by atoms with Crippen LogP contribution in [0.2, 0.25) is 5.02 Å². The highest BCUT2D eigenvalue weighted by Gasteiger charge is 2.25. The standard InChI is InChI=1S/C15H19ClFNO2/c1-9-6-13(16)11(7-14(9)17)8-18-12-4-2-10(3-5-12)15(19)20/h6-7,10,12,18H,2-5,8H2,1H3,(H,19,20). The lowest BCUT2D eigenvalue weighted by Gasteiger charge is -2.27. The first-order valence-corrected chi connectivity index (χ1v) is 7.26. The van der Waals surface area contributed by atoms with Crippen molar-refractivity contribution in [1.29, 1.82) is 0 Å². The Kier molecular flexibility index (Phi) is 5.00. The van der Waals surface area contributed by atoms with Crippen molar-refractivity contribution >= 4 is 17.6 Å². The highest BCUT2D eigenvalue weighted by Crippen LogP contribution is 2.25. The van der Waals surface area contributed by atoms with Crippen molar-refractivity contribution in [1.82, 2.24) is 5.32 Å². The van der Waals surface area contributed by atoms with Crippen LogP contribution in [0.15, 0.2) is 12.1 Å². The van der Waals surface area contributed by atoms with Crippen molar-refractivity contribution in [3.05, 3.63) is 34.1 Å². The fraction of sp³-hybridized carbons (Fsp3) is 0.533. The van der Waals surface area contributed by atoms with Gasteiger partial charge in [0.05, 0.1) is 5.92 Å². The summed E-state index contributed by atoms with van der Waals surface area (Å²) >= 11 is 6.10. The van der Waals surface area contributed by atoms with E-state index in [9.17, 15) is 9.18 Å². The average Bonchev–Trinajstić information content (AvgIpc) is 2.42. The third kappa shape index (κ3) is 3.70. The molecule has 1 aromatic carbocycles. The quantitative estimate of drug-likeness (QED) is 0.894. The first-order chi connectivity index (χ1) is 9.47. The predicted molar refractivity (Wildman–Crippen MR) is 76.4 cm³/mol. The van der Waals surface area contributed by atoms with Crippen LogP contribution in [0.25, 0.3) is 0 Å². The molecular weight excluding hydrogens is 281 g/mol. The molecule has 0 radical (unpaired) electrons. The second kappa shape index (κ2) is 6.55. The molecule has 1 aromatic rings. The minimum absolute atomic E-state index is 0.214. The van der Waals surface area contributed by atoms with E-state index in [2.05, 4.69) is 5.32 Å². The largest absolute Gasteiger partial charge is 0.481 e. The van der Waals surface area contributed by atoms with E-state index >= 15 is 0 Å². The zero-order valence-electron chi connectivity index (χ0n) is 11.5. The maximum Gasteiger partial charge on any atom is 0.306 e. The summed E-state index contributed by atoms with van der Waals surface area (Å²) in [5.74, 6) is -1.17. The van der Waals surface area contributed by atoms with Crippen molar-refractivity contribution in [3.8, 4) is 0 Å². The molecule has 20 heavy (non-hydrogen) atoms. The van der Waals surface area contributed by atoms with Crippen molar-refractivity contribution in [2.45, 2.75) is 45.2 Å². The summed E-state index contributed by atoms with van der Waals surface area (Å²) in [5.41, 5.74) is 1.29. The molecule has 110 valence electrons. The van der Waals surface area contributed by atoms with Crippen LogP contribution >= 0.6 is 11.6 Å². The van der Waals surface area contributed by atoms with Crippen LogP contribution in [0.1, 0.15) is 36.8 Å². The first kappa shape index (κ1) is 15.3. The third-order valence-electron chi connectivity index (χ3n) is 3.99. The molecule has 0 atom stereocenters. The number of halogens is 2. The van der Waals surface area contributed by atoms with Crippen molar-refractivity contribution < 1.29 is 14.3 Å². The van der Waals surface area contributed by atoms with Gasteiger partial charge >= 0.3 is 5.97 Å². The second-order valence-electron chi connectivity index (χ2n) is 5.46. The van der Waals surface area contributed by atoms with E-state index in [4.69, 9.17) is 16.7 Å². The van der Waals surface area contributed by atoms with Gasteiger partial charge in [0.2, 0.25) is 0 Å². The number of carboxylic acids is 1. The Morgan fingerprint density at radius 3 is 2.65 bits per heavy atom. The van der Waals surface area contributed by atoms with Crippen LogP contribution in [0, 0.1) is 18.7 Å². The Morgan fingerprint density at radius 1 is 1.40 bits per heavy atom.